The Labute approximate surface area is 639 Å². The molecule has 0 saturated carbocycles. The standard InChI is InChI=1S/C83H156N2O21/c1-4-6-8-10-12-14-16-18-20-22-24-26-27-28-29-30-31-32-33-34-35-36-37-39-41-43-45-47-49-51-53-55-57-70(93)85-64(65(90)56-54-52-50-48-46-44-42-40-38-25-23-21-19-17-15-13-11-9-7-5-2)62-101-80-75(97)74(96)77(69(61-88)103-80)104-81-76(98)79(73(95)68(60-87)102-81)106-83(82(99)100)58-66(91)71(84-63(3)89)78(105-83)72(94)67(92)59-86/h28-29,64-69,71-81,86-88,90-92,94-98H,4-27,30-62H2,1-3H3,(H,84,89)(H,85,93)(H,99,100)/b29-28-. The number of nitrogens with one attached hydrogen (secondary N) is 2. The van der Waals surface area contributed by atoms with Gasteiger partial charge in [0.05, 0.1) is 50.7 Å². The maximum atomic E-state index is 13.6. The fourth-order valence-corrected chi connectivity index (χ4v) is 15.2. The molecule has 0 aromatic heterocycles. The maximum absolute atomic E-state index is 13.6. The van der Waals surface area contributed by atoms with Gasteiger partial charge in [0.15, 0.2) is 12.6 Å². The predicted molar refractivity (Wildman–Crippen MR) is 412 cm³/mol. The Morgan fingerprint density at radius 1 is 0.481 bits per heavy atom. The number of carbonyl (C=O) groups is 3. The van der Waals surface area contributed by atoms with E-state index >= 15 is 0 Å². The maximum Gasteiger partial charge on any atom is 0.364 e. The van der Waals surface area contributed by atoms with Crippen molar-refractivity contribution in [3.8, 4) is 0 Å². The van der Waals surface area contributed by atoms with Crippen molar-refractivity contribution in [1.82, 2.24) is 10.6 Å². The van der Waals surface area contributed by atoms with Gasteiger partial charge >= 0.3 is 5.97 Å². The molecule has 0 aromatic rings. The molecule has 3 heterocycles. The number of amides is 2. The van der Waals surface area contributed by atoms with Gasteiger partial charge < -0.3 is 100 Å². The minimum Gasteiger partial charge on any atom is -0.477 e. The Hall–Kier alpha value is -2.53. The number of carbonyl (C=O) groups excluding carboxylic acids is 2. The number of hydrogen-bond donors (Lipinski definition) is 14. The molecule has 0 bridgehead atoms. The van der Waals surface area contributed by atoms with E-state index in [1.165, 1.54) is 257 Å². The van der Waals surface area contributed by atoms with Gasteiger partial charge in [-0.15, -0.1) is 0 Å². The van der Waals surface area contributed by atoms with E-state index < -0.39 is 148 Å². The molecule has 18 unspecified atom stereocenters. The summed E-state index contributed by atoms with van der Waals surface area (Å²) in [7, 11) is 0. The number of allylic oxidation sites excluding steroid dienone is 2. The monoisotopic (exact) mass is 1520 g/mol. The molecule has 106 heavy (non-hydrogen) atoms. The first-order chi connectivity index (χ1) is 51.4. The van der Waals surface area contributed by atoms with Crippen LogP contribution in [0.25, 0.3) is 0 Å². The number of aliphatic carboxylic acids is 1. The molecule has 14 N–H and O–H groups in total. The zero-order chi connectivity index (χ0) is 77.4. The molecule has 3 saturated heterocycles. The highest BCUT2D eigenvalue weighted by Crippen LogP contribution is 2.39. The molecule has 23 nitrogen and oxygen atoms in total. The van der Waals surface area contributed by atoms with Crippen LogP contribution in [0.15, 0.2) is 12.2 Å². The lowest BCUT2D eigenvalue weighted by Gasteiger charge is -2.50. The Bertz CT molecular complexity index is 2150. The molecule has 0 aromatic carbocycles. The van der Waals surface area contributed by atoms with E-state index in [0.717, 1.165) is 58.3 Å². The van der Waals surface area contributed by atoms with Crippen LogP contribution in [-0.2, 0) is 42.8 Å². The van der Waals surface area contributed by atoms with Gasteiger partial charge in [-0.25, -0.2) is 4.79 Å². The first-order valence-corrected chi connectivity index (χ1v) is 43.0. The average Bonchev–Trinajstić information content (AvgIpc) is 0.754. The molecule has 2 amide bonds. The van der Waals surface area contributed by atoms with Crippen molar-refractivity contribution in [3.63, 3.8) is 0 Å². The molecule has 624 valence electrons. The van der Waals surface area contributed by atoms with Gasteiger partial charge in [-0.1, -0.05) is 315 Å². The van der Waals surface area contributed by atoms with Crippen LogP contribution in [0.5, 0.6) is 0 Å². The van der Waals surface area contributed by atoms with Crippen LogP contribution in [-0.4, -0.2) is 215 Å². The predicted octanol–water partition coefficient (Wildman–Crippen LogP) is 12.5. The summed E-state index contributed by atoms with van der Waals surface area (Å²) < 4.78 is 35.0. The van der Waals surface area contributed by atoms with Gasteiger partial charge in [0.2, 0.25) is 11.8 Å². The van der Waals surface area contributed by atoms with Crippen LogP contribution in [0.4, 0.5) is 0 Å². The van der Waals surface area contributed by atoms with E-state index in [4.69, 9.17) is 28.4 Å². The number of rotatable bonds is 69. The minimum atomic E-state index is -3.08. The van der Waals surface area contributed by atoms with Crippen molar-refractivity contribution in [3.05, 3.63) is 12.2 Å². The van der Waals surface area contributed by atoms with Crippen molar-refractivity contribution >= 4 is 17.8 Å². The third-order valence-corrected chi connectivity index (χ3v) is 22.0. The summed E-state index contributed by atoms with van der Waals surface area (Å²) in [5.41, 5.74) is 0. The van der Waals surface area contributed by atoms with E-state index in [1.54, 1.807) is 0 Å². The van der Waals surface area contributed by atoms with Crippen molar-refractivity contribution in [1.29, 1.82) is 0 Å². The number of carboxylic acid groups (broad SMARTS) is 1. The number of ether oxygens (including phenoxy) is 6. The number of aliphatic hydroxyl groups is 11. The number of hydrogen-bond acceptors (Lipinski definition) is 20. The molecule has 23 heteroatoms. The van der Waals surface area contributed by atoms with Gasteiger partial charge in [-0.05, 0) is 38.5 Å². The summed E-state index contributed by atoms with van der Waals surface area (Å²) in [6, 6.07) is -2.53. The smallest absolute Gasteiger partial charge is 0.364 e. The van der Waals surface area contributed by atoms with E-state index in [2.05, 4.69) is 36.6 Å². The normalized spacial score (nSPS) is 26.1. The van der Waals surface area contributed by atoms with Gasteiger partial charge in [-0.3, -0.25) is 9.59 Å². The van der Waals surface area contributed by atoms with E-state index in [9.17, 15) is 75.7 Å². The average molecular weight is 1520 g/mol. The zero-order valence-corrected chi connectivity index (χ0v) is 66.3. The van der Waals surface area contributed by atoms with E-state index in [1.807, 2.05) is 0 Å². The second-order valence-electron chi connectivity index (χ2n) is 31.4. The molecule has 3 rings (SSSR count). The van der Waals surface area contributed by atoms with Crippen molar-refractivity contribution < 1.29 is 104 Å². The Kier molecular flexibility index (Phi) is 57.1. The second kappa shape index (κ2) is 62.0. The van der Waals surface area contributed by atoms with Crippen LogP contribution >= 0.6 is 0 Å². The molecule has 18 atom stereocenters. The Morgan fingerprint density at radius 3 is 1.27 bits per heavy atom. The molecular formula is C83H156N2O21. The van der Waals surface area contributed by atoms with Crippen LogP contribution < -0.4 is 10.6 Å². The topological polar surface area (TPSA) is 373 Å². The molecule has 0 spiro atoms. The molecule has 0 radical (unpaired) electrons. The molecule has 3 fully saturated rings. The first-order valence-electron chi connectivity index (χ1n) is 43.0. The molecule has 3 aliphatic heterocycles. The van der Waals surface area contributed by atoms with Crippen LogP contribution in [0.2, 0.25) is 0 Å². The quantitative estimate of drug-likeness (QED) is 0.0199. The minimum absolute atomic E-state index is 0.227. The van der Waals surface area contributed by atoms with Crippen molar-refractivity contribution in [2.75, 3.05) is 26.4 Å². The summed E-state index contributed by atoms with van der Waals surface area (Å²) in [5, 5.41) is 137. The van der Waals surface area contributed by atoms with Gasteiger partial charge in [0.25, 0.3) is 5.79 Å². The van der Waals surface area contributed by atoms with Crippen molar-refractivity contribution in [2.24, 2.45) is 0 Å². The Morgan fingerprint density at radius 2 is 0.877 bits per heavy atom. The van der Waals surface area contributed by atoms with E-state index in [-0.39, 0.29) is 18.9 Å². The number of carboxylic acids is 1. The van der Waals surface area contributed by atoms with Gasteiger partial charge in [-0.2, -0.15) is 0 Å². The third kappa shape index (κ3) is 41.3. The molecule has 3 aliphatic rings. The third-order valence-electron chi connectivity index (χ3n) is 22.0. The highest BCUT2D eigenvalue weighted by Gasteiger charge is 2.60. The highest BCUT2D eigenvalue weighted by atomic mass is 16.8. The summed E-state index contributed by atoms with van der Waals surface area (Å²) in [6.07, 6.45) is 39.3. The lowest BCUT2D eigenvalue weighted by atomic mass is 9.88. The van der Waals surface area contributed by atoms with Crippen molar-refractivity contribution in [2.45, 2.75) is 471 Å². The van der Waals surface area contributed by atoms with Gasteiger partial charge in [0.1, 0.15) is 67.1 Å². The SMILES string of the molecule is CCCCCCCCCCCCCC/C=C\CCCCCCCCCCCCCCCCCCC(=O)NC(COC1OC(CO)C(OC2OC(CO)C(O)C(OC3(C(=O)O)CC(O)C(NC(C)=O)C(C(O)C(O)CO)O3)C2O)C(O)C1O)C(O)CCCCCCCCCCCCCCCCCCCCCC. The Balaban J connectivity index is 1.46. The molecule has 0 aliphatic carbocycles. The fourth-order valence-electron chi connectivity index (χ4n) is 15.2. The summed E-state index contributed by atoms with van der Waals surface area (Å²) in [5.74, 6) is -6.09. The first kappa shape index (κ1) is 97.7. The summed E-state index contributed by atoms with van der Waals surface area (Å²) in [6.45, 7) is 2.27. The second-order valence-corrected chi connectivity index (χ2v) is 31.4. The summed E-state index contributed by atoms with van der Waals surface area (Å²) >= 11 is 0. The van der Waals surface area contributed by atoms with Crippen LogP contribution in [0.1, 0.15) is 361 Å². The van der Waals surface area contributed by atoms with Crippen LogP contribution in [0.3, 0.4) is 0 Å². The van der Waals surface area contributed by atoms with Gasteiger partial charge in [0, 0.05) is 19.8 Å². The molecular weight excluding hydrogens is 1360 g/mol. The highest BCUT2D eigenvalue weighted by molar-refractivity contribution is 5.77. The lowest BCUT2D eigenvalue weighted by Crippen LogP contribution is -2.70. The number of unbranched alkanes of at least 4 members (excludes halogenated alkanes) is 47. The zero-order valence-electron chi connectivity index (χ0n) is 66.3. The largest absolute Gasteiger partial charge is 0.477 e. The van der Waals surface area contributed by atoms with E-state index in [0.29, 0.717) is 19.3 Å². The summed E-state index contributed by atoms with van der Waals surface area (Å²) in [4.78, 5) is 38.8. The fraction of sp³-hybridized carbons (Fsp3) is 0.940. The lowest BCUT2D eigenvalue weighted by molar-refractivity contribution is -0.386. The van der Waals surface area contributed by atoms with Crippen LogP contribution in [0, 0.1) is 0 Å². The number of aliphatic hydroxyl groups excluding tert-OH is 11.